The highest BCUT2D eigenvalue weighted by molar-refractivity contribution is 5.81. The van der Waals surface area contributed by atoms with Crippen molar-refractivity contribution >= 4 is 17.3 Å². The number of anilines is 2. The van der Waals surface area contributed by atoms with E-state index in [-0.39, 0.29) is 12.2 Å². The Labute approximate surface area is 142 Å². The highest BCUT2D eigenvalue weighted by Crippen LogP contribution is 2.37. The van der Waals surface area contributed by atoms with Crippen molar-refractivity contribution in [2.75, 3.05) is 38.0 Å². The Morgan fingerprint density at radius 2 is 1.67 bits per heavy atom. The topological polar surface area (TPSA) is 64.0 Å². The molecule has 0 amide bonds. The maximum absolute atomic E-state index is 10.8. The highest BCUT2D eigenvalue weighted by atomic mass is 16.4. The van der Waals surface area contributed by atoms with Crippen LogP contribution >= 0.6 is 0 Å². The monoisotopic (exact) mass is 328 g/mol. The second-order valence-electron chi connectivity index (χ2n) is 6.20. The van der Waals surface area contributed by atoms with Crippen molar-refractivity contribution in [2.24, 2.45) is 0 Å². The zero-order valence-electron chi connectivity index (χ0n) is 14.6. The van der Waals surface area contributed by atoms with Gasteiger partial charge in [0, 0.05) is 40.2 Å². The van der Waals surface area contributed by atoms with Gasteiger partial charge in [0.25, 0.3) is 0 Å². The molecule has 0 radical (unpaired) electrons. The zero-order chi connectivity index (χ0) is 17.9. The van der Waals surface area contributed by atoms with E-state index in [0.29, 0.717) is 17.5 Å². The van der Waals surface area contributed by atoms with Gasteiger partial charge in [0.15, 0.2) is 0 Å². The standard InChI is InChI=1S/C19H24N2O3/c1-20(2)16-10-8-14(12-17(16)21(3)4)15-7-5-6-13(19(15)24)9-11-18(22)23/h5-8,10,12,24H,9,11H2,1-4H3,(H,22,23). The second-order valence-corrected chi connectivity index (χ2v) is 6.20. The first-order valence-corrected chi connectivity index (χ1v) is 7.83. The average Bonchev–Trinajstić information content (AvgIpc) is 2.53. The summed E-state index contributed by atoms with van der Waals surface area (Å²) in [5, 5.41) is 19.4. The first kappa shape index (κ1) is 17.7. The zero-order valence-corrected chi connectivity index (χ0v) is 14.6. The summed E-state index contributed by atoms with van der Waals surface area (Å²) in [4.78, 5) is 14.8. The Balaban J connectivity index is 2.47. The molecule has 0 aliphatic carbocycles. The van der Waals surface area contributed by atoms with Crippen molar-refractivity contribution in [3.63, 3.8) is 0 Å². The summed E-state index contributed by atoms with van der Waals surface area (Å²) >= 11 is 0. The summed E-state index contributed by atoms with van der Waals surface area (Å²) in [7, 11) is 7.95. The number of aliphatic carboxylic acids is 1. The fraction of sp³-hybridized carbons (Fsp3) is 0.316. The summed E-state index contributed by atoms with van der Waals surface area (Å²) in [6.07, 6.45) is 0.310. The number of carboxylic acids is 1. The van der Waals surface area contributed by atoms with Crippen LogP contribution in [0, 0.1) is 0 Å². The van der Waals surface area contributed by atoms with Gasteiger partial charge in [-0.15, -0.1) is 0 Å². The van der Waals surface area contributed by atoms with Gasteiger partial charge in [0.1, 0.15) is 5.75 Å². The molecule has 0 saturated heterocycles. The van der Waals surface area contributed by atoms with Gasteiger partial charge in [-0.05, 0) is 29.7 Å². The minimum atomic E-state index is -0.870. The van der Waals surface area contributed by atoms with Crippen LogP contribution in [0.15, 0.2) is 36.4 Å². The van der Waals surface area contributed by atoms with Crippen LogP contribution in [0.1, 0.15) is 12.0 Å². The molecule has 0 aliphatic rings. The van der Waals surface area contributed by atoms with E-state index in [2.05, 4.69) is 0 Å². The van der Waals surface area contributed by atoms with E-state index in [4.69, 9.17) is 5.11 Å². The lowest BCUT2D eigenvalue weighted by Gasteiger charge is -2.23. The Hall–Kier alpha value is -2.69. The van der Waals surface area contributed by atoms with Crippen LogP contribution in [0.2, 0.25) is 0 Å². The van der Waals surface area contributed by atoms with Crippen molar-refractivity contribution in [3.8, 4) is 16.9 Å². The van der Waals surface area contributed by atoms with E-state index >= 15 is 0 Å². The molecule has 2 aromatic rings. The van der Waals surface area contributed by atoms with E-state index in [0.717, 1.165) is 16.9 Å². The number of phenols is 1. The quantitative estimate of drug-likeness (QED) is 0.852. The number of hydrogen-bond donors (Lipinski definition) is 2. The molecule has 5 nitrogen and oxygen atoms in total. The van der Waals surface area contributed by atoms with E-state index in [9.17, 15) is 9.90 Å². The van der Waals surface area contributed by atoms with Gasteiger partial charge in [-0.25, -0.2) is 0 Å². The molecule has 2 aromatic carbocycles. The fourth-order valence-electron chi connectivity index (χ4n) is 2.69. The molecule has 0 aliphatic heterocycles. The first-order chi connectivity index (χ1) is 11.3. The van der Waals surface area contributed by atoms with Crippen molar-refractivity contribution < 1.29 is 15.0 Å². The largest absolute Gasteiger partial charge is 0.507 e. The Bertz CT molecular complexity index is 739. The maximum Gasteiger partial charge on any atom is 0.303 e. The molecule has 5 heteroatoms. The summed E-state index contributed by atoms with van der Waals surface area (Å²) in [6, 6.07) is 11.5. The molecule has 2 N–H and O–H groups in total. The molecule has 0 atom stereocenters. The lowest BCUT2D eigenvalue weighted by Crippen LogP contribution is -2.16. The Morgan fingerprint density at radius 3 is 2.25 bits per heavy atom. The van der Waals surface area contributed by atoms with E-state index in [1.807, 2.05) is 68.3 Å². The van der Waals surface area contributed by atoms with Crippen molar-refractivity contribution in [1.29, 1.82) is 0 Å². The number of benzene rings is 2. The van der Waals surface area contributed by atoms with Gasteiger partial charge in [-0.2, -0.15) is 0 Å². The lowest BCUT2D eigenvalue weighted by molar-refractivity contribution is -0.136. The number of aryl methyl sites for hydroxylation is 1. The smallest absolute Gasteiger partial charge is 0.303 e. The van der Waals surface area contributed by atoms with Crippen LogP contribution in [-0.2, 0) is 11.2 Å². The summed E-state index contributed by atoms with van der Waals surface area (Å²) < 4.78 is 0. The number of nitrogens with zero attached hydrogens (tertiary/aromatic N) is 2. The third-order valence-corrected chi connectivity index (χ3v) is 3.98. The number of para-hydroxylation sites is 1. The average molecular weight is 328 g/mol. The molecule has 0 saturated carbocycles. The van der Waals surface area contributed by atoms with Gasteiger partial charge in [-0.3, -0.25) is 4.79 Å². The van der Waals surface area contributed by atoms with Crippen LogP contribution in [0.5, 0.6) is 5.75 Å². The molecule has 2 rings (SSSR count). The van der Waals surface area contributed by atoms with E-state index in [1.165, 1.54) is 0 Å². The molecule has 128 valence electrons. The van der Waals surface area contributed by atoms with Crippen molar-refractivity contribution in [3.05, 3.63) is 42.0 Å². The van der Waals surface area contributed by atoms with Crippen LogP contribution in [0.25, 0.3) is 11.1 Å². The SMILES string of the molecule is CN(C)c1ccc(-c2cccc(CCC(=O)O)c2O)cc1N(C)C. The number of rotatable bonds is 6. The normalized spacial score (nSPS) is 10.5. The minimum Gasteiger partial charge on any atom is -0.507 e. The predicted molar refractivity (Wildman–Crippen MR) is 98.2 cm³/mol. The summed E-state index contributed by atoms with van der Waals surface area (Å²) in [5.74, 6) is -0.717. The molecular formula is C19H24N2O3. The number of carbonyl (C=O) groups is 1. The van der Waals surface area contributed by atoms with Crippen LogP contribution in [0.3, 0.4) is 0 Å². The third kappa shape index (κ3) is 3.79. The Morgan fingerprint density at radius 1 is 1.00 bits per heavy atom. The molecule has 0 bridgehead atoms. The van der Waals surface area contributed by atoms with Gasteiger partial charge in [-0.1, -0.05) is 24.3 Å². The van der Waals surface area contributed by atoms with Crippen molar-refractivity contribution in [2.45, 2.75) is 12.8 Å². The van der Waals surface area contributed by atoms with Crippen LogP contribution in [-0.4, -0.2) is 44.4 Å². The summed E-state index contributed by atoms with van der Waals surface area (Å²) in [5.41, 5.74) is 4.40. The first-order valence-electron chi connectivity index (χ1n) is 7.83. The summed E-state index contributed by atoms with van der Waals surface area (Å²) in [6.45, 7) is 0. The van der Waals surface area contributed by atoms with Crippen molar-refractivity contribution in [1.82, 2.24) is 0 Å². The van der Waals surface area contributed by atoms with E-state index < -0.39 is 5.97 Å². The highest BCUT2D eigenvalue weighted by Gasteiger charge is 2.13. The maximum atomic E-state index is 10.8. The molecular weight excluding hydrogens is 304 g/mol. The number of aromatic hydroxyl groups is 1. The molecule has 0 fully saturated rings. The van der Waals surface area contributed by atoms with Gasteiger partial charge in [0.05, 0.1) is 11.4 Å². The second kappa shape index (κ2) is 7.25. The van der Waals surface area contributed by atoms with Crippen LogP contribution < -0.4 is 9.80 Å². The third-order valence-electron chi connectivity index (χ3n) is 3.98. The fourth-order valence-corrected chi connectivity index (χ4v) is 2.69. The lowest BCUT2D eigenvalue weighted by atomic mass is 9.98. The molecule has 0 aromatic heterocycles. The van der Waals surface area contributed by atoms with Gasteiger partial charge in [0.2, 0.25) is 0 Å². The van der Waals surface area contributed by atoms with Gasteiger partial charge >= 0.3 is 5.97 Å². The van der Waals surface area contributed by atoms with E-state index in [1.54, 1.807) is 6.07 Å². The predicted octanol–water partition coefficient (Wildman–Crippen LogP) is 3.21. The number of phenolic OH excluding ortho intramolecular Hbond substituents is 1. The molecule has 24 heavy (non-hydrogen) atoms. The number of carboxylic acid groups (broad SMARTS) is 1. The molecule has 0 heterocycles. The van der Waals surface area contributed by atoms with Crippen LogP contribution in [0.4, 0.5) is 11.4 Å². The minimum absolute atomic E-state index is 0.000468. The number of hydrogen-bond acceptors (Lipinski definition) is 4. The molecule has 0 spiro atoms. The Kier molecular flexibility index (Phi) is 5.34. The molecule has 0 unspecified atom stereocenters. The van der Waals surface area contributed by atoms with Gasteiger partial charge < -0.3 is 20.0 Å².